The van der Waals surface area contributed by atoms with E-state index in [0.29, 0.717) is 5.56 Å². The minimum Gasteiger partial charge on any atom is -0.331 e. The molecule has 1 aromatic carbocycles. The number of alkyl halides is 3. The molecule has 3 atom stereocenters. The maximum atomic E-state index is 13.3. The number of benzene rings is 1. The van der Waals surface area contributed by atoms with Gasteiger partial charge in [0.25, 0.3) is 0 Å². The van der Waals surface area contributed by atoms with Crippen molar-refractivity contribution in [1.82, 2.24) is 10.2 Å². The van der Waals surface area contributed by atoms with E-state index in [2.05, 4.69) is 5.32 Å². The van der Waals surface area contributed by atoms with Crippen molar-refractivity contribution in [2.75, 3.05) is 12.8 Å². The molecule has 0 bridgehead atoms. The van der Waals surface area contributed by atoms with Crippen molar-refractivity contribution < 1.29 is 26.4 Å². The second-order valence-corrected chi connectivity index (χ2v) is 9.46. The standard InChI is InChI=1S/C19H23F3N2O3S/c1-28(26,27)10-9-16(13-7-8-13)23-18(25)24-12-15(19(20,21)22)11-17(24)14-5-3-2-4-6-14/h2-6,9-10,13,15-17H,7-8,11-12H2,1H3,(H,23,25)/b10-9+/t15-,16?,17-/m0/s1. The average Bonchev–Trinajstić information content (AvgIpc) is 3.34. The molecule has 1 saturated heterocycles. The van der Waals surface area contributed by atoms with Crippen LogP contribution in [0.3, 0.4) is 0 Å². The summed E-state index contributed by atoms with van der Waals surface area (Å²) in [7, 11) is -3.36. The molecular weight excluding hydrogens is 393 g/mol. The Labute approximate surface area is 162 Å². The SMILES string of the molecule is CS(=O)(=O)/C=C/C(NC(=O)N1C[C@@H](C(F)(F)F)C[C@H]1c1ccccc1)C1CC1. The highest BCUT2D eigenvalue weighted by Crippen LogP contribution is 2.43. The molecule has 2 fully saturated rings. The largest absolute Gasteiger partial charge is 0.393 e. The highest BCUT2D eigenvalue weighted by atomic mass is 32.2. The smallest absolute Gasteiger partial charge is 0.331 e. The zero-order valence-electron chi connectivity index (χ0n) is 15.4. The van der Waals surface area contributed by atoms with Gasteiger partial charge in [0.1, 0.15) is 0 Å². The topological polar surface area (TPSA) is 66.5 Å². The van der Waals surface area contributed by atoms with E-state index >= 15 is 0 Å². The number of nitrogens with one attached hydrogen (secondary N) is 1. The number of sulfone groups is 1. The lowest BCUT2D eigenvalue weighted by Crippen LogP contribution is -2.45. The van der Waals surface area contributed by atoms with Crippen LogP contribution >= 0.6 is 0 Å². The van der Waals surface area contributed by atoms with E-state index in [4.69, 9.17) is 0 Å². The molecule has 2 aliphatic rings. The number of nitrogens with zero attached hydrogens (tertiary/aromatic N) is 1. The summed E-state index contributed by atoms with van der Waals surface area (Å²) in [5.41, 5.74) is 0.652. The minimum absolute atomic E-state index is 0.109. The first-order chi connectivity index (χ1) is 13.0. The van der Waals surface area contributed by atoms with E-state index < -0.39 is 46.6 Å². The van der Waals surface area contributed by atoms with Gasteiger partial charge in [-0.15, -0.1) is 0 Å². The molecule has 0 radical (unpaired) electrons. The Bertz CT molecular complexity index is 836. The molecule has 9 heteroatoms. The van der Waals surface area contributed by atoms with Crippen LogP contribution in [-0.2, 0) is 9.84 Å². The molecule has 1 saturated carbocycles. The van der Waals surface area contributed by atoms with E-state index in [1.165, 1.54) is 11.0 Å². The van der Waals surface area contributed by atoms with Gasteiger partial charge in [0.2, 0.25) is 0 Å². The fourth-order valence-electron chi connectivity index (χ4n) is 3.52. The van der Waals surface area contributed by atoms with Crippen LogP contribution in [0.2, 0.25) is 0 Å². The Balaban J connectivity index is 1.79. The summed E-state index contributed by atoms with van der Waals surface area (Å²) in [6.07, 6.45) is -0.421. The molecule has 3 rings (SSSR count). The quantitative estimate of drug-likeness (QED) is 0.797. The van der Waals surface area contributed by atoms with Crippen molar-refractivity contribution in [2.45, 2.75) is 37.5 Å². The number of likely N-dealkylation sites (tertiary alicyclic amines) is 1. The third-order valence-corrected chi connectivity index (χ3v) is 5.81. The first-order valence-corrected chi connectivity index (χ1v) is 11.1. The van der Waals surface area contributed by atoms with Crippen LogP contribution in [0.5, 0.6) is 0 Å². The fraction of sp³-hybridized carbons (Fsp3) is 0.526. The second kappa shape index (κ2) is 7.77. The summed E-state index contributed by atoms with van der Waals surface area (Å²) in [5.74, 6) is -1.48. The molecule has 28 heavy (non-hydrogen) atoms. The van der Waals surface area contributed by atoms with Crippen LogP contribution in [0.15, 0.2) is 41.8 Å². The normalized spacial score (nSPS) is 24.5. The Morgan fingerprint density at radius 2 is 1.89 bits per heavy atom. The Morgan fingerprint density at radius 1 is 1.25 bits per heavy atom. The molecule has 1 heterocycles. The van der Waals surface area contributed by atoms with E-state index in [1.54, 1.807) is 30.3 Å². The molecule has 1 aliphatic heterocycles. The number of carbonyl (C=O) groups excluding carboxylic acids is 1. The second-order valence-electron chi connectivity index (χ2n) is 7.52. The van der Waals surface area contributed by atoms with Crippen molar-refractivity contribution in [2.24, 2.45) is 11.8 Å². The van der Waals surface area contributed by atoms with Crippen molar-refractivity contribution >= 4 is 15.9 Å². The molecule has 1 aliphatic carbocycles. The summed E-state index contributed by atoms with van der Waals surface area (Å²) in [6.45, 7) is -0.415. The fourth-order valence-corrected chi connectivity index (χ4v) is 3.97. The van der Waals surface area contributed by atoms with Crippen LogP contribution in [0.4, 0.5) is 18.0 Å². The molecule has 1 aromatic rings. The number of carbonyl (C=O) groups is 1. The van der Waals surface area contributed by atoms with Gasteiger partial charge in [0, 0.05) is 18.2 Å². The lowest BCUT2D eigenvalue weighted by molar-refractivity contribution is -0.170. The van der Waals surface area contributed by atoms with Crippen LogP contribution in [0.1, 0.15) is 30.9 Å². The van der Waals surface area contributed by atoms with E-state index in [0.717, 1.165) is 24.5 Å². The van der Waals surface area contributed by atoms with Crippen LogP contribution in [0, 0.1) is 11.8 Å². The van der Waals surface area contributed by atoms with Crippen LogP contribution in [0.25, 0.3) is 0 Å². The molecule has 1 N–H and O–H groups in total. The van der Waals surface area contributed by atoms with Gasteiger partial charge < -0.3 is 10.2 Å². The third-order valence-electron chi connectivity index (χ3n) is 5.16. The van der Waals surface area contributed by atoms with Gasteiger partial charge >= 0.3 is 12.2 Å². The first kappa shape index (κ1) is 20.7. The summed E-state index contributed by atoms with van der Waals surface area (Å²) in [6, 6.07) is 6.87. The molecule has 0 aromatic heterocycles. The monoisotopic (exact) mass is 416 g/mol. The number of halogens is 3. The Morgan fingerprint density at radius 3 is 2.43 bits per heavy atom. The molecule has 154 valence electrons. The maximum Gasteiger partial charge on any atom is 0.393 e. The summed E-state index contributed by atoms with van der Waals surface area (Å²) in [4.78, 5) is 14.1. The lowest BCUT2D eigenvalue weighted by Gasteiger charge is -2.27. The lowest BCUT2D eigenvalue weighted by atomic mass is 9.99. The highest BCUT2D eigenvalue weighted by molar-refractivity contribution is 7.93. The maximum absolute atomic E-state index is 13.3. The van der Waals surface area contributed by atoms with Gasteiger partial charge in [0.15, 0.2) is 9.84 Å². The van der Waals surface area contributed by atoms with Crippen LogP contribution in [-0.4, -0.2) is 44.4 Å². The molecule has 5 nitrogen and oxygen atoms in total. The summed E-state index contributed by atoms with van der Waals surface area (Å²) in [5, 5.41) is 3.77. The zero-order chi connectivity index (χ0) is 20.5. The first-order valence-electron chi connectivity index (χ1n) is 9.11. The third kappa shape index (κ3) is 5.27. The summed E-state index contributed by atoms with van der Waals surface area (Å²) >= 11 is 0. The molecule has 2 amide bonds. The van der Waals surface area contributed by atoms with Crippen LogP contribution < -0.4 is 5.32 Å². The van der Waals surface area contributed by atoms with Crippen molar-refractivity contribution in [1.29, 1.82) is 0 Å². The van der Waals surface area contributed by atoms with Crippen molar-refractivity contribution in [3.63, 3.8) is 0 Å². The summed E-state index contributed by atoms with van der Waals surface area (Å²) < 4.78 is 62.7. The van der Waals surface area contributed by atoms with Crippen molar-refractivity contribution in [3.8, 4) is 0 Å². The zero-order valence-corrected chi connectivity index (χ0v) is 16.2. The molecule has 0 spiro atoms. The number of urea groups is 1. The number of hydrogen-bond acceptors (Lipinski definition) is 3. The average molecular weight is 416 g/mol. The highest BCUT2D eigenvalue weighted by Gasteiger charge is 2.49. The van der Waals surface area contributed by atoms with E-state index in [9.17, 15) is 26.4 Å². The Kier molecular flexibility index (Phi) is 5.74. The number of hydrogen-bond donors (Lipinski definition) is 1. The molecule has 1 unspecified atom stereocenters. The van der Waals surface area contributed by atoms with Gasteiger partial charge in [-0.25, -0.2) is 13.2 Å². The van der Waals surface area contributed by atoms with Gasteiger partial charge in [-0.1, -0.05) is 36.4 Å². The number of amides is 2. The minimum atomic E-state index is -4.38. The van der Waals surface area contributed by atoms with Gasteiger partial charge in [-0.2, -0.15) is 13.2 Å². The molecular formula is C19H23F3N2O3S. The van der Waals surface area contributed by atoms with Gasteiger partial charge in [-0.3, -0.25) is 0 Å². The van der Waals surface area contributed by atoms with Gasteiger partial charge in [0.05, 0.1) is 18.0 Å². The number of rotatable bonds is 5. The predicted octanol–water partition coefficient (Wildman–Crippen LogP) is 3.66. The van der Waals surface area contributed by atoms with Gasteiger partial charge in [-0.05, 0) is 30.7 Å². The predicted molar refractivity (Wildman–Crippen MR) is 99.1 cm³/mol. The van der Waals surface area contributed by atoms with E-state index in [-0.39, 0.29) is 12.3 Å². The Hall–Kier alpha value is -2.03. The van der Waals surface area contributed by atoms with Crippen molar-refractivity contribution in [3.05, 3.63) is 47.4 Å². The van der Waals surface area contributed by atoms with E-state index in [1.807, 2.05) is 0 Å².